The summed E-state index contributed by atoms with van der Waals surface area (Å²) in [6, 6.07) is 3.61. The van der Waals surface area contributed by atoms with E-state index in [1.54, 1.807) is 17.2 Å². The minimum atomic E-state index is -0.0510. The third-order valence-corrected chi connectivity index (χ3v) is 3.24. The van der Waals surface area contributed by atoms with Crippen LogP contribution in [0.4, 0.5) is 5.82 Å². The number of hydrazine groups is 1. The second kappa shape index (κ2) is 6.33. The van der Waals surface area contributed by atoms with Crippen LogP contribution in [-0.4, -0.2) is 46.2 Å². The highest BCUT2D eigenvalue weighted by Crippen LogP contribution is 2.15. The van der Waals surface area contributed by atoms with E-state index in [9.17, 15) is 9.59 Å². The lowest BCUT2D eigenvalue weighted by Crippen LogP contribution is -2.53. The lowest BCUT2D eigenvalue weighted by molar-refractivity contribution is -0.150. The normalized spacial score (nSPS) is 15.7. The van der Waals surface area contributed by atoms with Crippen LogP contribution in [0.3, 0.4) is 0 Å². The predicted octanol–water partition coefficient (Wildman–Crippen LogP) is -0.0520. The fourth-order valence-corrected chi connectivity index (χ4v) is 2.22. The number of rotatable bonds is 5. The van der Waals surface area contributed by atoms with Gasteiger partial charge in [0.2, 0.25) is 11.8 Å². The van der Waals surface area contributed by atoms with E-state index in [0.29, 0.717) is 18.9 Å². The van der Waals surface area contributed by atoms with Gasteiger partial charge in [0.25, 0.3) is 0 Å². The highest BCUT2D eigenvalue weighted by molar-refractivity contribution is 5.92. The number of nitrogens with two attached hydrogens (primary N) is 1. The Kier molecular flexibility index (Phi) is 4.52. The lowest BCUT2D eigenvalue weighted by Gasteiger charge is -2.34. The molecule has 1 aliphatic rings. The summed E-state index contributed by atoms with van der Waals surface area (Å²) < 4.78 is 0. The fourth-order valence-electron chi connectivity index (χ4n) is 2.22. The fraction of sp³-hybridized carbons (Fsp3) is 0.462. The average Bonchev–Trinajstić information content (AvgIpc) is 2.45. The van der Waals surface area contributed by atoms with Crippen molar-refractivity contribution in [2.75, 3.05) is 25.1 Å². The lowest BCUT2D eigenvalue weighted by atomic mass is 10.2. The van der Waals surface area contributed by atoms with Crippen molar-refractivity contribution in [3.8, 4) is 0 Å². The third kappa shape index (κ3) is 3.05. The van der Waals surface area contributed by atoms with Crippen molar-refractivity contribution in [3.63, 3.8) is 0 Å². The maximum Gasteiger partial charge on any atom is 0.242 e. The highest BCUT2D eigenvalue weighted by atomic mass is 16.2. The predicted molar refractivity (Wildman–Crippen MR) is 74.3 cm³/mol. The average molecular weight is 277 g/mol. The van der Waals surface area contributed by atoms with Crippen molar-refractivity contribution in [1.29, 1.82) is 0 Å². The largest absolute Gasteiger partial charge is 0.332 e. The second-order valence-corrected chi connectivity index (χ2v) is 4.72. The molecule has 1 fully saturated rings. The molecule has 1 saturated heterocycles. The van der Waals surface area contributed by atoms with Gasteiger partial charge < -0.3 is 15.2 Å². The Hall–Kier alpha value is -2.15. The monoisotopic (exact) mass is 277 g/mol. The number of carbonyl (C=O) groups is 2. The second-order valence-electron chi connectivity index (χ2n) is 4.72. The molecular weight excluding hydrogens is 258 g/mol. The summed E-state index contributed by atoms with van der Waals surface area (Å²) in [7, 11) is 0. The molecule has 0 radical (unpaired) electrons. The van der Waals surface area contributed by atoms with Crippen molar-refractivity contribution >= 4 is 17.6 Å². The molecule has 0 aromatic carbocycles. The SMILES string of the molecule is CCCN1CC(=O)N(Cc2cccnc2NN)CC1=O. The summed E-state index contributed by atoms with van der Waals surface area (Å²) in [5, 5.41) is 0. The van der Waals surface area contributed by atoms with Crippen molar-refractivity contribution in [1.82, 2.24) is 14.8 Å². The molecule has 2 rings (SSSR count). The Morgan fingerprint density at radius 1 is 1.30 bits per heavy atom. The maximum absolute atomic E-state index is 12.1. The summed E-state index contributed by atoms with van der Waals surface area (Å²) in [5.41, 5.74) is 3.29. The number of aromatic nitrogens is 1. The first kappa shape index (κ1) is 14.3. The Bertz CT molecular complexity index is 505. The van der Waals surface area contributed by atoms with Crippen LogP contribution in [0.15, 0.2) is 18.3 Å². The molecular formula is C13H19N5O2. The number of piperazine rings is 1. The smallest absolute Gasteiger partial charge is 0.242 e. The minimum absolute atomic E-state index is 0.0161. The van der Waals surface area contributed by atoms with Crippen molar-refractivity contribution < 1.29 is 9.59 Å². The molecule has 2 amide bonds. The molecule has 0 bridgehead atoms. The van der Waals surface area contributed by atoms with Gasteiger partial charge in [-0.2, -0.15) is 0 Å². The van der Waals surface area contributed by atoms with E-state index in [1.807, 2.05) is 13.0 Å². The summed E-state index contributed by atoms with van der Waals surface area (Å²) in [5.74, 6) is 5.84. The standard InChI is InChI=1S/C13H19N5O2/c1-2-6-17-8-12(20)18(9-11(17)19)7-10-4-3-5-15-13(10)16-14/h3-5H,2,6-9,14H2,1H3,(H,15,16). The van der Waals surface area contributed by atoms with E-state index in [1.165, 1.54) is 4.90 Å². The van der Waals surface area contributed by atoms with Crippen LogP contribution < -0.4 is 11.3 Å². The van der Waals surface area contributed by atoms with Crippen molar-refractivity contribution in [3.05, 3.63) is 23.9 Å². The highest BCUT2D eigenvalue weighted by Gasteiger charge is 2.29. The molecule has 3 N–H and O–H groups in total. The molecule has 0 saturated carbocycles. The molecule has 0 aliphatic carbocycles. The molecule has 1 aromatic rings. The molecule has 1 aliphatic heterocycles. The number of nitrogens with zero attached hydrogens (tertiary/aromatic N) is 3. The van der Waals surface area contributed by atoms with E-state index in [2.05, 4.69) is 10.4 Å². The Morgan fingerprint density at radius 2 is 2.00 bits per heavy atom. The Morgan fingerprint density at radius 3 is 2.70 bits per heavy atom. The molecule has 0 atom stereocenters. The van der Waals surface area contributed by atoms with E-state index in [0.717, 1.165) is 12.0 Å². The first-order valence-corrected chi connectivity index (χ1v) is 6.61. The van der Waals surface area contributed by atoms with E-state index >= 15 is 0 Å². The van der Waals surface area contributed by atoms with Gasteiger partial charge in [-0.15, -0.1) is 0 Å². The van der Waals surface area contributed by atoms with E-state index < -0.39 is 0 Å². The maximum atomic E-state index is 12.1. The summed E-state index contributed by atoms with van der Waals surface area (Å²) >= 11 is 0. The van der Waals surface area contributed by atoms with Crippen molar-refractivity contribution in [2.45, 2.75) is 19.9 Å². The number of hydrogen-bond donors (Lipinski definition) is 2. The summed E-state index contributed by atoms with van der Waals surface area (Å²) in [6.07, 6.45) is 2.47. The van der Waals surface area contributed by atoms with Crippen molar-refractivity contribution in [2.24, 2.45) is 5.84 Å². The molecule has 7 nitrogen and oxygen atoms in total. The van der Waals surface area contributed by atoms with Crippen LogP contribution >= 0.6 is 0 Å². The molecule has 2 heterocycles. The van der Waals surface area contributed by atoms with Crippen LogP contribution in [0.5, 0.6) is 0 Å². The zero-order valence-electron chi connectivity index (χ0n) is 11.5. The first-order valence-electron chi connectivity index (χ1n) is 6.61. The van der Waals surface area contributed by atoms with E-state index in [4.69, 9.17) is 5.84 Å². The number of carbonyl (C=O) groups excluding carboxylic acids is 2. The van der Waals surface area contributed by atoms with Gasteiger partial charge in [-0.1, -0.05) is 13.0 Å². The van der Waals surface area contributed by atoms with Gasteiger partial charge in [-0.05, 0) is 12.5 Å². The molecule has 0 spiro atoms. The van der Waals surface area contributed by atoms with Gasteiger partial charge in [0.15, 0.2) is 0 Å². The van der Waals surface area contributed by atoms with E-state index in [-0.39, 0.29) is 24.9 Å². The number of pyridine rings is 1. The van der Waals surface area contributed by atoms with Gasteiger partial charge in [-0.25, -0.2) is 10.8 Å². The topological polar surface area (TPSA) is 91.6 Å². The number of anilines is 1. The van der Waals surface area contributed by atoms with Crippen LogP contribution in [0.1, 0.15) is 18.9 Å². The van der Waals surface area contributed by atoms with Gasteiger partial charge in [0.05, 0.1) is 6.54 Å². The zero-order valence-corrected chi connectivity index (χ0v) is 11.5. The van der Waals surface area contributed by atoms with Crippen LogP contribution in [0.2, 0.25) is 0 Å². The molecule has 1 aromatic heterocycles. The summed E-state index contributed by atoms with van der Waals surface area (Å²) in [6.45, 7) is 3.20. The number of nitrogen functional groups attached to an aromatic ring is 1. The van der Waals surface area contributed by atoms with Gasteiger partial charge in [0, 0.05) is 24.8 Å². The zero-order chi connectivity index (χ0) is 14.5. The first-order chi connectivity index (χ1) is 9.65. The number of hydrogen-bond acceptors (Lipinski definition) is 5. The Balaban J connectivity index is 2.07. The third-order valence-electron chi connectivity index (χ3n) is 3.24. The van der Waals surface area contributed by atoms with Crippen LogP contribution in [0, 0.1) is 0 Å². The van der Waals surface area contributed by atoms with Gasteiger partial charge in [-0.3, -0.25) is 9.59 Å². The molecule has 20 heavy (non-hydrogen) atoms. The molecule has 108 valence electrons. The number of nitrogens with one attached hydrogen (secondary N) is 1. The van der Waals surface area contributed by atoms with Gasteiger partial charge >= 0.3 is 0 Å². The molecule has 7 heteroatoms. The van der Waals surface area contributed by atoms with Crippen LogP contribution in [-0.2, 0) is 16.1 Å². The minimum Gasteiger partial charge on any atom is -0.332 e. The Labute approximate surface area is 117 Å². The molecule has 0 unspecified atom stereocenters. The van der Waals surface area contributed by atoms with Crippen LogP contribution in [0.25, 0.3) is 0 Å². The quantitative estimate of drug-likeness (QED) is 0.581. The summed E-state index contributed by atoms with van der Waals surface area (Å²) in [4.78, 5) is 31.3. The number of amides is 2. The van der Waals surface area contributed by atoms with Gasteiger partial charge in [0.1, 0.15) is 12.4 Å².